The third kappa shape index (κ3) is 5.81. The van der Waals surface area contributed by atoms with E-state index >= 15 is 0 Å². The fourth-order valence-electron chi connectivity index (χ4n) is 5.28. The van der Waals surface area contributed by atoms with Gasteiger partial charge in [-0.1, -0.05) is 19.3 Å². The highest BCUT2D eigenvalue weighted by atomic mass is 16.6. The lowest BCUT2D eigenvalue weighted by atomic mass is 9.95. The van der Waals surface area contributed by atoms with Crippen molar-refractivity contribution >= 4 is 17.5 Å². The van der Waals surface area contributed by atoms with E-state index in [1.807, 2.05) is 6.92 Å². The highest BCUT2D eigenvalue weighted by Crippen LogP contribution is 2.38. The fraction of sp³-hybridized carbons (Fsp3) is 0.414. The Labute approximate surface area is 236 Å². The number of tetrazole rings is 1. The van der Waals surface area contributed by atoms with Gasteiger partial charge in [0, 0.05) is 17.8 Å². The first-order chi connectivity index (χ1) is 19.9. The van der Waals surface area contributed by atoms with Crippen LogP contribution in [0.5, 0.6) is 11.5 Å². The van der Waals surface area contributed by atoms with Crippen LogP contribution in [0.2, 0.25) is 0 Å². The largest absolute Gasteiger partial charge is 0.486 e. The van der Waals surface area contributed by atoms with Crippen LogP contribution in [-0.4, -0.2) is 51.3 Å². The highest BCUT2D eigenvalue weighted by molar-refractivity contribution is 6.01. The number of nitrogens with zero attached hydrogens (tertiary/aromatic N) is 5. The third-order valence-electron chi connectivity index (χ3n) is 7.25. The molecular formula is C29H32N6O6. The zero-order chi connectivity index (χ0) is 28.3. The molecule has 4 aromatic rings. The molecule has 1 aliphatic heterocycles. The summed E-state index contributed by atoms with van der Waals surface area (Å²) in [7, 11) is 0. The second-order valence-electron chi connectivity index (χ2n) is 10.3. The zero-order valence-electron chi connectivity index (χ0n) is 23.0. The molecule has 6 rings (SSSR count). The van der Waals surface area contributed by atoms with Crippen molar-refractivity contribution in [3.05, 3.63) is 59.7 Å². The van der Waals surface area contributed by atoms with Crippen molar-refractivity contribution in [2.75, 3.05) is 18.1 Å². The number of rotatable bonds is 8. The summed E-state index contributed by atoms with van der Waals surface area (Å²) in [6.07, 6.45) is 5.04. The van der Waals surface area contributed by atoms with Crippen LogP contribution >= 0.6 is 0 Å². The van der Waals surface area contributed by atoms with E-state index in [2.05, 4.69) is 20.7 Å². The van der Waals surface area contributed by atoms with Crippen LogP contribution in [0.1, 0.15) is 55.4 Å². The standard InChI is InChI=1S/C29H32N6O6/c1-18-8-11-23(40-18)27(29(37)30-20-6-4-3-5-7-20)35(21-10-13-22-25(16-21)39-15-14-38-22)26(36)17-34-32-28(31-33-34)24-12-9-19(2)41-24/h8-13,16,20,27H,3-7,14-15,17H2,1-2H3,(H,30,37). The smallest absolute Gasteiger partial charge is 0.251 e. The highest BCUT2D eigenvalue weighted by Gasteiger charge is 2.37. The number of aromatic nitrogens is 4. The van der Waals surface area contributed by atoms with E-state index in [1.165, 1.54) is 9.70 Å². The Morgan fingerprint density at radius 3 is 2.46 bits per heavy atom. The number of carbonyl (C=O) groups excluding carboxylic acids is 2. The van der Waals surface area contributed by atoms with E-state index in [1.54, 1.807) is 49.4 Å². The second-order valence-corrected chi connectivity index (χ2v) is 10.3. The zero-order valence-corrected chi connectivity index (χ0v) is 23.0. The second kappa shape index (κ2) is 11.5. The fourth-order valence-corrected chi connectivity index (χ4v) is 5.28. The Morgan fingerprint density at radius 1 is 0.976 bits per heavy atom. The number of hydrogen-bond acceptors (Lipinski definition) is 9. The molecule has 12 heteroatoms. The minimum atomic E-state index is -1.09. The Morgan fingerprint density at radius 2 is 1.73 bits per heavy atom. The van der Waals surface area contributed by atoms with Crippen LogP contribution in [0, 0.1) is 13.8 Å². The summed E-state index contributed by atoms with van der Waals surface area (Å²) in [6.45, 7) is 4.15. The van der Waals surface area contributed by atoms with Gasteiger partial charge in [-0.25, -0.2) is 0 Å². The van der Waals surface area contributed by atoms with E-state index < -0.39 is 11.9 Å². The summed E-state index contributed by atoms with van der Waals surface area (Å²) in [6, 6.07) is 11.2. The molecule has 1 aliphatic carbocycles. The molecule has 12 nitrogen and oxygen atoms in total. The lowest BCUT2D eigenvalue weighted by Gasteiger charge is -2.32. The van der Waals surface area contributed by atoms with Gasteiger partial charge in [0.1, 0.15) is 37.0 Å². The number of fused-ring (bicyclic) bond motifs is 1. The number of aryl methyl sites for hydroxylation is 2. The molecule has 2 aliphatic rings. The van der Waals surface area contributed by atoms with Crippen molar-refractivity contribution < 1.29 is 27.9 Å². The van der Waals surface area contributed by atoms with E-state index in [0.717, 1.165) is 32.1 Å². The topological polar surface area (TPSA) is 138 Å². The van der Waals surface area contributed by atoms with Gasteiger partial charge in [-0.15, -0.1) is 10.2 Å². The Bertz CT molecular complexity index is 1530. The van der Waals surface area contributed by atoms with Crippen LogP contribution < -0.4 is 19.7 Å². The predicted molar refractivity (Wildman–Crippen MR) is 146 cm³/mol. The maximum absolute atomic E-state index is 14.1. The lowest BCUT2D eigenvalue weighted by Crippen LogP contribution is -2.48. The van der Waals surface area contributed by atoms with Gasteiger partial charge in [-0.05, 0) is 68.3 Å². The number of carbonyl (C=O) groups is 2. The SMILES string of the molecule is Cc1ccc(-c2nnn(CC(=O)N(c3ccc4c(c3)OCCO4)C(C(=O)NC3CCCCC3)c3ccc(C)o3)n2)o1. The van der Waals surface area contributed by atoms with Gasteiger partial charge in [0.2, 0.25) is 5.82 Å². The van der Waals surface area contributed by atoms with Crippen molar-refractivity contribution in [3.8, 4) is 23.1 Å². The molecule has 214 valence electrons. The Hall–Kier alpha value is -4.61. The van der Waals surface area contributed by atoms with Crippen molar-refractivity contribution in [1.29, 1.82) is 0 Å². The van der Waals surface area contributed by atoms with Crippen molar-refractivity contribution in [3.63, 3.8) is 0 Å². The number of anilines is 1. The number of amides is 2. The molecule has 0 spiro atoms. The average molecular weight is 561 g/mol. The maximum atomic E-state index is 14.1. The monoisotopic (exact) mass is 560 g/mol. The Balaban J connectivity index is 1.36. The van der Waals surface area contributed by atoms with Gasteiger partial charge in [0.25, 0.3) is 11.8 Å². The van der Waals surface area contributed by atoms with Crippen LogP contribution in [0.4, 0.5) is 5.69 Å². The Kier molecular flexibility index (Phi) is 7.45. The maximum Gasteiger partial charge on any atom is 0.251 e. The van der Waals surface area contributed by atoms with Crippen molar-refractivity contribution in [2.45, 2.75) is 64.6 Å². The molecule has 1 unspecified atom stereocenters. The molecule has 3 aromatic heterocycles. The molecule has 1 saturated carbocycles. The van der Waals surface area contributed by atoms with E-state index in [-0.39, 0.29) is 24.3 Å². The lowest BCUT2D eigenvalue weighted by molar-refractivity contribution is -0.128. The minimum absolute atomic E-state index is 0.0309. The molecule has 41 heavy (non-hydrogen) atoms. The van der Waals surface area contributed by atoms with E-state index in [9.17, 15) is 9.59 Å². The van der Waals surface area contributed by atoms with Crippen molar-refractivity contribution in [1.82, 2.24) is 25.5 Å². The van der Waals surface area contributed by atoms with Crippen LogP contribution in [0.3, 0.4) is 0 Å². The number of nitrogens with one attached hydrogen (secondary N) is 1. The predicted octanol–water partition coefficient (Wildman–Crippen LogP) is 4.14. The summed E-state index contributed by atoms with van der Waals surface area (Å²) in [5.74, 6) is 2.66. The first-order valence-corrected chi connectivity index (χ1v) is 13.9. The van der Waals surface area contributed by atoms with Crippen LogP contribution in [0.15, 0.2) is 51.3 Å². The summed E-state index contributed by atoms with van der Waals surface area (Å²) in [5.41, 5.74) is 0.444. The number of ether oxygens (including phenoxy) is 2. The van der Waals surface area contributed by atoms with Gasteiger partial charge in [0.15, 0.2) is 23.3 Å². The van der Waals surface area contributed by atoms with Gasteiger partial charge < -0.3 is 23.6 Å². The van der Waals surface area contributed by atoms with Gasteiger partial charge in [-0.3, -0.25) is 14.5 Å². The van der Waals surface area contributed by atoms with Crippen molar-refractivity contribution in [2.24, 2.45) is 0 Å². The number of hydrogen-bond donors (Lipinski definition) is 1. The molecule has 0 saturated heterocycles. The number of benzene rings is 1. The average Bonchev–Trinajstić information content (AvgIpc) is 3.73. The quantitative estimate of drug-likeness (QED) is 0.337. The summed E-state index contributed by atoms with van der Waals surface area (Å²) in [5, 5.41) is 15.6. The molecule has 1 aromatic carbocycles. The third-order valence-corrected chi connectivity index (χ3v) is 7.25. The molecule has 1 fully saturated rings. The van der Waals surface area contributed by atoms with Crippen LogP contribution in [0.25, 0.3) is 11.6 Å². The number of furan rings is 2. The normalized spacial score (nSPS) is 15.9. The summed E-state index contributed by atoms with van der Waals surface area (Å²) >= 11 is 0. The molecule has 4 heterocycles. The van der Waals surface area contributed by atoms with Gasteiger partial charge in [0.05, 0.1) is 0 Å². The first kappa shape index (κ1) is 26.6. The molecule has 0 bridgehead atoms. The molecule has 2 amide bonds. The molecule has 0 radical (unpaired) electrons. The summed E-state index contributed by atoms with van der Waals surface area (Å²) < 4.78 is 23.0. The van der Waals surface area contributed by atoms with Gasteiger partial charge in [-0.2, -0.15) is 4.80 Å². The van der Waals surface area contributed by atoms with E-state index in [4.69, 9.17) is 18.3 Å². The van der Waals surface area contributed by atoms with E-state index in [0.29, 0.717) is 53.4 Å². The molecule has 1 atom stereocenters. The first-order valence-electron chi connectivity index (χ1n) is 13.9. The molecule has 1 N–H and O–H groups in total. The molecular weight excluding hydrogens is 528 g/mol. The summed E-state index contributed by atoms with van der Waals surface area (Å²) in [4.78, 5) is 30.7. The minimum Gasteiger partial charge on any atom is -0.486 e. The van der Waals surface area contributed by atoms with Crippen LogP contribution in [-0.2, 0) is 16.1 Å². The van der Waals surface area contributed by atoms with Gasteiger partial charge >= 0.3 is 0 Å².